The van der Waals surface area contributed by atoms with Gasteiger partial charge in [0.2, 0.25) is 0 Å². The van der Waals surface area contributed by atoms with Gasteiger partial charge in [0.1, 0.15) is 0 Å². The van der Waals surface area contributed by atoms with Gasteiger partial charge in [0.05, 0.1) is 0 Å². The fraction of sp³-hybridized carbons (Fsp3) is 0. The van der Waals surface area contributed by atoms with Gasteiger partial charge in [-0.05, 0) is 0 Å². The average molecular weight is 205 g/mol. The molecule has 6 N–H and O–H groups in total. The molecule has 0 saturated carbocycles. The summed E-state index contributed by atoms with van der Waals surface area (Å²) in [4.78, 5) is 0. The minimum absolute atomic E-state index is 0. The summed E-state index contributed by atoms with van der Waals surface area (Å²) in [5, 5.41) is 0. The van der Waals surface area contributed by atoms with Gasteiger partial charge in [-0.25, -0.2) is 0 Å². The molecule has 0 aromatic carbocycles. The summed E-state index contributed by atoms with van der Waals surface area (Å²) in [7, 11) is 0. The molecule has 0 amide bonds. The third kappa shape index (κ3) is 273. The van der Waals surface area contributed by atoms with Crippen molar-refractivity contribution in [3.63, 3.8) is 0 Å². The van der Waals surface area contributed by atoms with Gasteiger partial charge >= 0.3 is 30.5 Å². The molecule has 6 heteroatoms. The van der Waals surface area contributed by atoms with Crippen molar-refractivity contribution in [1.29, 1.82) is 0 Å². The van der Waals surface area contributed by atoms with E-state index in [4.69, 9.17) is 9.96 Å². The molecule has 0 spiro atoms. The van der Waals surface area contributed by atoms with Gasteiger partial charge in [0.25, 0.3) is 0 Å². The van der Waals surface area contributed by atoms with E-state index in [1.54, 1.807) is 0 Å². The van der Waals surface area contributed by atoms with Gasteiger partial charge in [-0.1, -0.05) is 0 Å². The summed E-state index contributed by atoms with van der Waals surface area (Å²) in [5.74, 6) is 0. The van der Waals surface area contributed by atoms with Crippen molar-refractivity contribution in [1.82, 2.24) is 0 Å². The first-order valence-corrected chi connectivity index (χ1v) is 4.37. The van der Waals surface area contributed by atoms with Crippen molar-refractivity contribution in [2.24, 2.45) is 0 Å². The first-order valence-electron chi connectivity index (χ1n) is 0.651. The molecule has 5 nitrogen and oxygen atoms in total. The fourth-order valence-electron chi connectivity index (χ4n) is 0. The normalized spacial score (nSPS) is 4.33. The SMILES string of the molecule is O.O.[O]=[Sn]([OH])[OH]. The molecule has 0 unspecified atom stereocenters. The predicted octanol–water partition coefficient (Wildman–Crippen LogP) is -3.26. The van der Waals surface area contributed by atoms with Crippen molar-refractivity contribution in [3.05, 3.63) is 0 Å². The molecule has 0 aliphatic rings. The molecule has 0 saturated heterocycles. The number of hydrogen-bond donors (Lipinski definition) is 2. The zero-order valence-electron chi connectivity index (χ0n) is 2.80. The van der Waals surface area contributed by atoms with Gasteiger partial charge < -0.3 is 11.0 Å². The maximum atomic E-state index is 8.84. The maximum absolute atomic E-state index is 8.84. The molecule has 6 heavy (non-hydrogen) atoms. The Morgan fingerprint density at radius 2 is 1.17 bits per heavy atom. The Labute approximate surface area is 42.1 Å². The van der Waals surface area contributed by atoms with Crippen molar-refractivity contribution >= 4 is 20.6 Å². The summed E-state index contributed by atoms with van der Waals surface area (Å²) < 4.78 is 23.3. The van der Waals surface area contributed by atoms with Crippen molar-refractivity contribution in [2.45, 2.75) is 0 Å². The Hall–Kier alpha value is 0.439. The van der Waals surface area contributed by atoms with Gasteiger partial charge in [0, 0.05) is 0 Å². The molecule has 40 valence electrons. The molecule has 0 atom stereocenters. The molecule has 0 rings (SSSR count). The molecule has 0 heterocycles. The van der Waals surface area contributed by atoms with Gasteiger partial charge in [-0.15, -0.1) is 0 Å². The molecular formula is H6O5Sn. The van der Waals surface area contributed by atoms with E-state index in [1.165, 1.54) is 0 Å². The Balaban J connectivity index is -0.0000000450. The van der Waals surface area contributed by atoms with Crippen LogP contribution in [0.1, 0.15) is 0 Å². The van der Waals surface area contributed by atoms with E-state index in [1.807, 2.05) is 0 Å². The molecule has 0 radical (unpaired) electrons. The van der Waals surface area contributed by atoms with Crippen LogP contribution in [0.15, 0.2) is 0 Å². The van der Waals surface area contributed by atoms with E-state index in [2.05, 4.69) is 0 Å². The summed E-state index contributed by atoms with van der Waals surface area (Å²) >= 11 is -3.79. The van der Waals surface area contributed by atoms with E-state index in [9.17, 15) is 0 Å². The molecule has 0 aliphatic carbocycles. The first-order chi connectivity index (χ1) is 1.73. The van der Waals surface area contributed by atoms with Crippen LogP contribution in [-0.4, -0.2) is 38.4 Å². The van der Waals surface area contributed by atoms with E-state index in [-0.39, 0.29) is 11.0 Å². The van der Waals surface area contributed by atoms with Crippen molar-refractivity contribution in [2.75, 3.05) is 0 Å². The first kappa shape index (κ1) is 16.1. The number of rotatable bonds is 0. The van der Waals surface area contributed by atoms with Crippen molar-refractivity contribution in [3.8, 4) is 0 Å². The van der Waals surface area contributed by atoms with Crippen LogP contribution in [-0.2, 0) is 3.08 Å². The Morgan fingerprint density at radius 1 is 1.17 bits per heavy atom. The summed E-state index contributed by atoms with van der Waals surface area (Å²) in [6, 6.07) is 0. The summed E-state index contributed by atoms with van der Waals surface area (Å²) in [6.45, 7) is 0. The monoisotopic (exact) mass is 206 g/mol. The molecular weight excluding hydrogens is 199 g/mol. The summed E-state index contributed by atoms with van der Waals surface area (Å²) in [5.41, 5.74) is 0. The zero-order chi connectivity index (χ0) is 3.58. The van der Waals surface area contributed by atoms with Crippen LogP contribution in [0, 0.1) is 0 Å². The van der Waals surface area contributed by atoms with Gasteiger partial charge in [0.15, 0.2) is 0 Å². The second kappa shape index (κ2) is 9.06. The third-order valence-corrected chi connectivity index (χ3v) is 0. The van der Waals surface area contributed by atoms with Crippen LogP contribution in [0.5, 0.6) is 0 Å². The van der Waals surface area contributed by atoms with Crippen LogP contribution in [0.25, 0.3) is 0 Å². The van der Waals surface area contributed by atoms with Crippen molar-refractivity contribution < 1.29 is 20.9 Å². The Morgan fingerprint density at radius 3 is 1.17 bits per heavy atom. The standard InChI is InChI=1S/4H2O.O.Sn/h4*1H2;;/q;;;;;+2/p-2. The van der Waals surface area contributed by atoms with Crippen LogP contribution >= 0.6 is 0 Å². The predicted molar refractivity (Wildman–Crippen MR) is 18.1 cm³/mol. The molecule has 0 aromatic rings. The van der Waals surface area contributed by atoms with Crippen LogP contribution in [0.3, 0.4) is 0 Å². The Kier molecular flexibility index (Phi) is 24.3. The summed E-state index contributed by atoms with van der Waals surface area (Å²) in [6.07, 6.45) is 0. The average Bonchev–Trinajstić information content (AvgIpc) is 0.811. The molecule has 0 aromatic heterocycles. The molecule has 0 aliphatic heterocycles. The number of hydrogen-bond acceptors (Lipinski definition) is 1. The van der Waals surface area contributed by atoms with E-state index >= 15 is 0 Å². The van der Waals surface area contributed by atoms with E-state index in [0.717, 1.165) is 0 Å². The van der Waals surface area contributed by atoms with Crippen LogP contribution < -0.4 is 0 Å². The molecule has 0 fully saturated rings. The Bertz CT molecular complexity index is 26.9. The van der Waals surface area contributed by atoms with Crippen LogP contribution in [0.4, 0.5) is 0 Å². The second-order valence-electron chi connectivity index (χ2n) is 0.283. The fourth-order valence-corrected chi connectivity index (χ4v) is 0. The second-order valence-corrected chi connectivity index (χ2v) is 1.90. The quantitative estimate of drug-likeness (QED) is 0.403. The van der Waals surface area contributed by atoms with Gasteiger partial charge in [-0.3, -0.25) is 0 Å². The van der Waals surface area contributed by atoms with E-state index in [0.29, 0.717) is 0 Å². The topological polar surface area (TPSA) is 121 Å². The zero-order valence-corrected chi connectivity index (χ0v) is 5.66. The third-order valence-electron chi connectivity index (χ3n) is 0. The van der Waals surface area contributed by atoms with Gasteiger partial charge in [-0.2, -0.15) is 0 Å². The van der Waals surface area contributed by atoms with Crippen LogP contribution in [0.2, 0.25) is 0 Å². The minimum atomic E-state index is -3.79. The molecule has 0 bridgehead atoms. The van der Waals surface area contributed by atoms with E-state index < -0.39 is 20.6 Å².